The number of aliphatic hydroxyl groups excluding tert-OH is 2. The summed E-state index contributed by atoms with van der Waals surface area (Å²) >= 11 is 0. The molecule has 2 aromatic heterocycles. The highest BCUT2D eigenvalue weighted by atomic mass is 16.6. The van der Waals surface area contributed by atoms with Crippen molar-refractivity contribution in [2.24, 2.45) is 0 Å². The van der Waals surface area contributed by atoms with Crippen molar-refractivity contribution in [2.45, 2.75) is 43.8 Å². The molecule has 4 N–H and O–H groups in total. The Bertz CT molecular complexity index is 744. The van der Waals surface area contributed by atoms with Crippen molar-refractivity contribution in [3.05, 3.63) is 18.1 Å². The number of rotatable bonds is 2. The van der Waals surface area contributed by atoms with Gasteiger partial charge in [-0.2, -0.15) is 0 Å². The molecule has 124 valence electrons. The van der Waals surface area contributed by atoms with E-state index in [-0.39, 0.29) is 6.61 Å². The van der Waals surface area contributed by atoms with E-state index in [1.807, 2.05) is 6.20 Å². The molecule has 0 amide bonds. The summed E-state index contributed by atoms with van der Waals surface area (Å²) in [7, 11) is 0. The van der Waals surface area contributed by atoms with Gasteiger partial charge in [0.2, 0.25) is 0 Å². The van der Waals surface area contributed by atoms with Crippen LogP contribution in [0.4, 0.5) is 5.82 Å². The first kappa shape index (κ1) is 14.8. The zero-order valence-electron chi connectivity index (χ0n) is 12.8. The van der Waals surface area contributed by atoms with Crippen LogP contribution in [0.5, 0.6) is 0 Å². The third kappa shape index (κ3) is 2.06. The molecule has 8 nitrogen and oxygen atoms in total. The molecule has 2 aliphatic rings. The first-order valence-electron chi connectivity index (χ1n) is 7.79. The highest BCUT2D eigenvalue weighted by molar-refractivity contribution is 5.91. The lowest BCUT2D eigenvalue weighted by Crippen LogP contribution is -2.44. The maximum atomic E-state index is 10.7. The highest BCUT2D eigenvalue weighted by Crippen LogP contribution is 2.41. The molecule has 0 spiro atoms. The Kier molecular flexibility index (Phi) is 3.31. The van der Waals surface area contributed by atoms with Crippen LogP contribution in [-0.4, -0.2) is 60.8 Å². The Morgan fingerprint density at radius 3 is 3.04 bits per heavy atom. The van der Waals surface area contributed by atoms with E-state index >= 15 is 0 Å². The zero-order chi connectivity index (χ0) is 16.2. The first-order chi connectivity index (χ1) is 11.0. The van der Waals surface area contributed by atoms with E-state index in [1.165, 1.54) is 13.3 Å². The van der Waals surface area contributed by atoms with E-state index in [4.69, 9.17) is 4.74 Å². The number of aryl methyl sites for hydroxylation is 1. The topological polar surface area (TPSA) is 113 Å². The van der Waals surface area contributed by atoms with Crippen molar-refractivity contribution < 1.29 is 20.1 Å². The number of nitrogens with one attached hydrogen (secondary N) is 1. The number of hydrogen-bond acceptors (Lipinski definition) is 7. The van der Waals surface area contributed by atoms with Gasteiger partial charge < -0.3 is 29.9 Å². The van der Waals surface area contributed by atoms with Crippen molar-refractivity contribution >= 4 is 16.9 Å². The average molecular weight is 320 g/mol. The largest absolute Gasteiger partial charge is 0.394 e. The van der Waals surface area contributed by atoms with Gasteiger partial charge in [0.05, 0.1) is 12.0 Å². The molecular weight excluding hydrogens is 300 g/mol. The minimum Gasteiger partial charge on any atom is -0.394 e. The molecule has 0 bridgehead atoms. The van der Waals surface area contributed by atoms with Crippen LogP contribution in [0.25, 0.3) is 11.0 Å². The Hall–Kier alpha value is -1.74. The van der Waals surface area contributed by atoms with Crippen molar-refractivity contribution in [1.29, 1.82) is 0 Å². The molecule has 0 aliphatic carbocycles. The van der Waals surface area contributed by atoms with Crippen LogP contribution in [-0.2, 0) is 11.2 Å². The van der Waals surface area contributed by atoms with Gasteiger partial charge in [0.1, 0.15) is 35.6 Å². The van der Waals surface area contributed by atoms with Gasteiger partial charge in [-0.3, -0.25) is 0 Å². The summed E-state index contributed by atoms with van der Waals surface area (Å²) in [5.41, 5.74) is 0.205. The van der Waals surface area contributed by atoms with Gasteiger partial charge in [-0.15, -0.1) is 0 Å². The van der Waals surface area contributed by atoms with Crippen molar-refractivity contribution in [2.75, 3.05) is 18.5 Å². The van der Waals surface area contributed by atoms with Gasteiger partial charge in [0, 0.05) is 12.7 Å². The molecule has 2 aromatic rings. The van der Waals surface area contributed by atoms with Crippen molar-refractivity contribution in [3.63, 3.8) is 0 Å². The summed E-state index contributed by atoms with van der Waals surface area (Å²) in [6, 6.07) is 0. The second kappa shape index (κ2) is 5.13. The molecule has 4 rings (SSSR count). The summed E-state index contributed by atoms with van der Waals surface area (Å²) in [6.45, 7) is 2.00. The van der Waals surface area contributed by atoms with Gasteiger partial charge in [0.25, 0.3) is 0 Å². The molecule has 0 aromatic carbocycles. The maximum Gasteiger partial charge on any atom is 0.167 e. The van der Waals surface area contributed by atoms with Crippen molar-refractivity contribution in [3.8, 4) is 0 Å². The van der Waals surface area contributed by atoms with E-state index in [2.05, 4.69) is 15.3 Å². The van der Waals surface area contributed by atoms with E-state index in [0.29, 0.717) is 5.65 Å². The first-order valence-corrected chi connectivity index (χ1v) is 7.79. The van der Waals surface area contributed by atoms with Crippen LogP contribution < -0.4 is 5.32 Å². The summed E-state index contributed by atoms with van der Waals surface area (Å²) in [5, 5.41) is 34.5. The van der Waals surface area contributed by atoms with Gasteiger partial charge >= 0.3 is 0 Å². The third-order valence-electron chi connectivity index (χ3n) is 4.79. The number of aromatic nitrogens is 3. The molecule has 4 heterocycles. The summed E-state index contributed by atoms with van der Waals surface area (Å²) in [4.78, 5) is 8.64. The molecule has 8 heteroatoms. The second-order valence-corrected chi connectivity index (χ2v) is 6.39. The van der Waals surface area contributed by atoms with E-state index in [1.54, 1.807) is 4.57 Å². The Morgan fingerprint density at radius 2 is 2.30 bits per heavy atom. The number of nitrogens with zero attached hydrogens (tertiary/aromatic N) is 3. The zero-order valence-corrected chi connectivity index (χ0v) is 12.8. The van der Waals surface area contributed by atoms with Crippen LogP contribution in [0, 0.1) is 0 Å². The second-order valence-electron chi connectivity index (χ2n) is 6.39. The average Bonchev–Trinajstić information content (AvgIpc) is 2.90. The molecule has 23 heavy (non-hydrogen) atoms. The molecule has 4 atom stereocenters. The van der Waals surface area contributed by atoms with Gasteiger partial charge in [-0.05, 0) is 25.3 Å². The lowest BCUT2D eigenvalue weighted by molar-refractivity contribution is -0.0948. The number of ether oxygens (including phenoxy) is 1. The summed E-state index contributed by atoms with van der Waals surface area (Å²) in [5.74, 6) is 0.776. The Balaban J connectivity index is 1.87. The van der Waals surface area contributed by atoms with E-state index in [0.717, 1.165) is 36.2 Å². The molecule has 0 radical (unpaired) electrons. The van der Waals surface area contributed by atoms with Gasteiger partial charge in [-0.25, -0.2) is 9.97 Å². The fraction of sp³-hybridized carbons (Fsp3) is 0.600. The molecular formula is C15H20N4O4. The molecule has 0 saturated carbocycles. The fourth-order valence-corrected chi connectivity index (χ4v) is 3.54. The van der Waals surface area contributed by atoms with Crippen molar-refractivity contribution in [1.82, 2.24) is 14.5 Å². The lowest BCUT2D eigenvalue weighted by atomic mass is 9.96. The number of hydrogen-bond donors (Lipinski definition) is 4. The molecule has 2 aliphatic heterocycles. The fourth-order valence-electron chi connectivity index (χ4n) is 3.54. The highest BCUT2D eigenvalue weighted by Gasteiger charge is 2.53. The van der Waals surface area contributed by atoms with Crippen LogP contribution in [0.15, 0.2) is 12.5 Å². The molecule has 1 fully saturated rings. The van der Waals surface area contributed by atoms with E-state index < -0.39 is 24.0 Å². The smallest absolute Gasteiger partial charge is 0.167 e. The van der Waals surface area contributed by atoms with Crippen LogP contribution in [0.2, 0.25) is 0 Å². The molecule has 2 unspecified atom stereocenters. The lowest BCUT2D eigenvalue weighted by Gasteiger charge is -2.27. The van der Waals surface area contributed by atoms with Crippen LogP contribution in [0.1, 0.15) is 25.1 Å². The quantitative estimate of drug-likeness (QED) is 0.605. The monoisotopic (exact) mass is 320 g/mol. The Morgan fingerprint density at radius 1 is 1.48 bits per heavy atom. The Labute approximate surface area is 132 Å². The van der Waals surface area contributed by atoms with E-state index in [9.17, 15) is 15.3 Å². The standard InChI is InChI=1S/C15H20N4O4/c1-15(22)11(21)9(6-20)23-14(15)19-5-8-3-2-4-16-12-10(8)13(19)18-7-17-12/h5,7,9,11,14,20-22H,2-4,6H2,1H3,(H,16,17,18)/t9?,11-,14?,15-/m1/s1. The predicted octanol–water partition coefficient (Wildman–Crippen LogP) is -0.209. The predicted molar refractivity (Wildman–Crippen MR) is 82.0 cm³/mol. The summed E-state index contributed by atoms with van der Waals surface area (Å²) < 4.78 is 7.45. The number of aliphatic hydroxyl groups is 3. The van der Waals surface area contributed by atoms with Gasteiger partial charge in [-0.1, -0.05) is 0 Å². The SMILES string of the molecule is C[C@]1(O)C(n2cc3c4c(ncnc42)NCCC3)OC(CO)[C@H]1O. The minimum absolute atomic E-state index is 0.359. The number of anilines is 1. The van der Waals surface area contributed by atoms with Crippen LogP contribution in [0.3, 0.4) is 0 Å². The van der Waals surface area contributed by atoms with Gasteiger partial charge in [0.15, 0.2) is 6.23 Å². The molecule has 1 saturated heterocycles. The minimum atomic E-state index is -1.53. The normalized spacial score (nSPS) is 33.7. The third-order valence-corrected chi connectivity index (χ3v) is 4.79. The summed E-state index contributed by atoms with van der Waals surface area (Å²) in [6.07, 6.45) is 2.39. The van der Waals surface area contributed by atoms with Crippen LogP contribution >= 0.6 is 0 Å². The maximum absolute atomic E-state index is 10.7.